The van der Waals surface area contributed by atoms with Gasteiger partial charge in [0.05, 0.1) is 28.2 Å². The number of halogens is 1. The maximum Gasteiger partial charge on any atom is 0.261 e. The zero-order chi connectivity index (χ0) is 22.1. The van der Waals surface area contributed by atoms with Crippen LogP contribution in [0.3, 0.4) is 0 Å². The fourth-order valence-electron chi connectivity index (χ4n) is 2.93. The quantitative estimate of drug-likeness (QED) is 0.615. The first-order valence-electron chi connectivity index (χ1n) is 9.45. The molecule has 0 aliphatic rings. The summed E-state index contributed by atoms with van der Waals surface area (Å²) in [5.41, 5.74) is 2.61. The molecular weight excluding hydrogens is 422 g/mol. The first kappa shape index (κ1) is 22.3. The van der Waals surface area contributed by atoms with Gasteiger partial charge >= 0.3 is 0 Å². The van der Waals surface area contributed by atoms with E-state index in [1.807, 2.05) is 31.1 Å². The monoisotopic (exact) mass is 447 g/mol. The fourth-order valence-corrected chi connectivity index (χ4v) is 4.17. The molecule has 3 aromatic rings. The smallest absolute Gasteiger partial charge is 0.261 e. The first-order chi connectivity index (χ1) is 14.0. The van der Waals surface area contributed by atoms with Crippen molar-refractivity contribution in [3.05, 3.63) is 64.9 Å². The molecule has 0 radical (unpaired) electrons. The molecule has 1 aromatic heterocycles. The van der Waals surface area contributed by atoms with Gasteiger partial charge in [-0.1, -0.05) is 49.7 Å². The third-order valence-corrected chi connectivity index (χ3v) is 6.12. The van der Waals surface area contributed by atoms with Gasteiger partial charge in [0.2, 0.25) is 0 Å². The predicted octanol–water partition coefficient (Wildman–Crippen LogP) is 4.08. The van der Waals surface area contributed by atoms with Crippen LogP contribution in [0.2, 0.25) is 5.02 Å². The summed E-state index contributed by atoms with van der Waals surface area (Å²) in [6.45, 7) is 6.86. The summed E-state index contributed by atoms with van der Waals surface area (Å²) in [5, 5.41) is 8.74. The lowest BCUT2D eigenvalue weighted by Gasteiger charge is -2.19. The summed E-state index contributed by atoms with van der Waals surface area (Å²) in [6, 6.07) is 11.8. The van der Waals surface area contributed by atoms with Gasteiger partial charge in [-0.3, -0.25) is 4.72 Å². The molecule has 30 heavy (non-hydrogen) atoms. The van der Waals surface area contributed by atoms with E-state index < -0.39 is 10.0 Å². The average molecular weight is 448 g/mol. The van der Waals surface area contributed by atoms with E-state index in [2.05, 4.69) is 35.8 Å². The van der Waals surface area contributed by atoms with Gasteiger partial charge in [-0.2, -0.15) is 0 Å². The van der Waals surface area contributed by atoms with Crippen molar-refractivity contribution in [3.8, 4) is 5.69 Å². The van der Waals surface area contributed by atoms with Crippen molar-refractivity contribution in [3.63, 3.8) is 0 Å². The number of aromatic nitrogens is 3. The average Bonchev–Trinajstić information content (AvgIpc) is 3.10. The zero-order valence-corrected chi connectivity index (χ0v) is 19.3. The van der Waals surface area contributed by atoms with E-state index >= 15 is 0 Å². The van der Waals surface area contributed by atoms with E-state index in [0.717, 1.165) is 11.3 Å². The second-order valence-corrected chi connectivity index (χ2v) is 10.6. The Kier molecular flexibility index (Phi) is 6.21. The van der Waals surface area contributed by atoms with E-state index in [0.29, 0.717) is 22.9 Å². The largest absolute Gasteiger partial charge is 0.303 e. The Hall–Kier alpha value is -2.42. The number of benzene rings is 2. The van der Waals surface area contributed by atoms with Crippen LogP contribution in [-0.2, 0) is 22.0 Å². The van der Waals surface area contributed by atoms with Gasteiger partial charge in [-0.05, 0) is 55.4 Å². The van der Waals surface area contributed by atoms with Crippen molar-refractivity contribution < 1.29 is 8.42 Å². The lowest BCUT2D eigenvalue weighted by Crippen LogP contribution is -2.16. The minimum absolute atomic E-state index is 0.0591. The molecule has 3 rings (SSSR count). The second-order valence-electron chi connectivity index (χ2n) is 8.43. The van der Waals surface area contributed by atoms with Crippen LogP contribution in [0.5, 0.6) is 0 Å². The highest BCUT2D eigenvalue weighted by Gasteiger charge is 2.20. The van der Waals surface area contributed by atoms with Crippen LogP contribution >= 0.6 is 11.6 Å². The van der Waals surface area contributed by atoms with Crippen molar-refractivity contribution in [1.29, 1.82) is 0 Å². The molecule has 0 amide bonds. The van der Waals surface area contributed by atoms with Crippen molar-refractivity contribution >= 4 is 27.3 Å². The van der Waals surface area contributed by atoms with E-state index in [1.165, 1.54) is 4.68 Å². The molecule has 0 spiro atoms. The van der Waals surface area contributed by atoms with Crippen LogP contribution in [-0.4, -0.2) is 42.4 Å². The first-order valence-corrected chi connectivity index (χ1v) is 11.3. The maximum absolute atomic E-state index is 13.0. The molecule has 0 aliphatic heterocycles. The van der Waals surface area contributed by atoms with E-state index in [9.17, 15) is 8.42 Å². The topological polar surface area (TPSA) is 80.1 Å². The molecule has 1 heterocycles. The highest BCUT2D eigenvalue weighted by molar-refractivity contribution is 7.92. The Balaban J connectivity index is 1.94. The number of sulfonamides is 1. The van der Waals surface area contributed by atoms with E-state index in [-0.39, 0.29) is 10.3 Å². The second kappa shape index (κ2) is 8.37. The van der Waals surface area contributed by atoms with Crippen molar-refractivity contribution in [2.24, 2.45) is 0 Å². The van der Waals surface area contributed by atoms with Gasteiger partial charge in [0.1, 0.15) is 0 Å². The number of rotatable bonds is 6. The molecule has 9 heteroatoms. The third-order valence-electron chi connectivity index (χ3n) is 4.50. The minimum atomic E-state index is -3.79. The van der Waals surface area contributed by atoms with E-state index in [1.54, 1.807) is 36.5 Å². The summed E-state index contributed by atoms with van der Waals surface area (Å²) in [5.74, 6) is 0. The Morgan fingerprint density at radius 1 is 1.10 bits per heavy atom. The summed E-state index contributed by atoms with van der Waals surface area (Å²) in [7, 11) is 0.0729. The Morgan fingerprint density at radius 3 is 2.37 bits per heavy atom. The molecule has 0 saturated heterocycles. The molecule has 0 aliphatic carbocycles. The molecule has 0 unspecified atom stereocenters. The minimum Gasteiger partial charge on any atom is -0.303 e. The van der Waals surface area contributed by atoms with Crippen LogP contribution < -0.4 is 4.72 Å². The third kappa shape index (κ3) is 5.19. The lowest BCUT2D eigenvalue weighted by atomic mass is 9.87. The van der Waals surface area contributed by atoms with Crippen LogP contribution in [0.15, 0.2) is 53.6 Å². The fraction of sp³-hybridized carbons (Fsp3) is 0.333. The molecular formula is C21H26ClN5O2S. The zero-order valence-electron chi connectivity index (χ0n) is 17.7. The van der Waals surface area contributed by atoms with Crippen LogP contribution in [0.4, 0.5) is 5.69 Å². The molecule has 0 fully saturated rings. The number of nitrogens with one attached hydrogen (secondary N) is 1. The molecule has 160 valence electrons. The summed E-state index contributed by atoms with van der Waals surface area (Å²) in [6.07, 6.45) is 1.75. The molecule has 2 aromatic carbocycles. The molecule has 1 N–H and O–H groups in total. The molecule has 0 atom stereocenters. The maximum atomic E-state index is 13.0. The molecule has 0 bridgehead atoms. The van der Waals surface area contributed by atoms with Crippen molar-refractivity contribution in [2.45, 2.75) is 37.6 Å². The summed E-state index contributed by atoms with van der Waals surface area (Å²) >= 11 is 6.16. The van der Waals surface area contributed by atoms with Crippen LogP contribution in [0, 0.1) is 0 Å². The summed E-state index contributed by atoms with van der Waals surface area (Å²) in [4.78, 5) is 2.15. The lowest BCUT2D eigenvalue weighted by molar-refractivity contribution is 0.396. The highest BCUT2D eigenvalue weighted by atomic mass is 35.5. The molecule has 7 nitrogen and oxygen atoms in total. The molecule has 0 saturated carbocycles. The van der Waals surface area contributed by atoms with Gasteiger partial charge < -0.3 is 4.90 Å². The Morgan fingerprint density at radius 2 is 1.77 bits per heavy atom. The predicted molar refractivity (Wildman–Crippen MR) is 120 cm³/mol. The van der Waals surface area contributed by atoms with Gasteiger partial charge in [-0.15, -0.1) is 5.10 Å². The van der Waals surface area contributed by atoms with Crippen LogP contribution in [0.1, 0.15) is 32.0 Å². The van der Waals surface area contributed by atoms with Gasteiger partial charge in [0.25, 0.3) is 10.0 Å². The van der Waals surface area contributed by atoms with E-state index in [4.69, 9.17) is 11.6 Å². The number of hydrogen-bond donors (Lipinski definition) is 1. The number of nitrogens with zero attached hydrogens (tertiary/aromatic N) is 4. The van der Waals surface area contributed by atoms with Gasteiger partial charge in [-0.25, -0.2) is 13.1 Å². The summed E-state index contributed by atoms with van der Waals surface area (Å²) < 4.78 is 30.1. The highest BCUT2D eigenvalue weighted by Crippen LogP contribution is 2.28. The van der Waals surface area contributed by atoms with Gasteiger partial charge in [0, 0.05) is 11.6 Å². The normalized spacial score (nSPS) is 12.4. The number of anilines is 1. The standard InChI is InChI=1S/C21H26ClN5O2S/c1-21(2,3)15-6-9-18(10-7-15)30(28,29)24-19-11-8-16(22)12-20(19)27-14-17(23-25-27)13-26(4)5/h6-12,14,24H,13H2,1-5H3. The Labute approximate surface area is 182 Å². The SMILES string of the molecule is CN(C)Cc1cn(-c2cc(Cl)ccc2NS(=O)(=O)c2ccc(C(C)(C)C)cc2)nn1. The Bertz CT molecular complexity index is 1130. The van der Waals surface area contributed by atoms with Crippen molar-refractivity contribution in [1.82, 2.24) is 19.9 Å². The van der Waals surface area contributed by atoms with Crippen molar-refractivity contribution in [2.75, 3.05) is 18.8 Å². The van der Waals surface area contributed by atoms with Gasteiger partial charge in [0.15, 0.2) is 0 Å². The number of hydrogen-bond acceptors (Lipinski definition) is 5. The van der Waals surface area contributed by atoms with Crippen LogP contribution in [0.25, 0.3) is 5.69 Å².